The number of likely N-dealkylation sites (tertiary alicyclic amines) is 1. The number of carboxylic acid groups (broad SMARTS) is 1. The van der Waals surface area contributed by atoms with E-state index in [4.69, 9.17) is 5.11 Å². The summed E-state index contributed by atoms with van der Waals surface area (Å²) in [6, 6.07) is 0. The Bertz CT molecular complexity index is 308. The number of aliphatic carboxylic acids is 1. The first-order valence-electron chi connectivity index (χ1n) is 7.20. The lowest BCUT2D eigenvalue weighted by molar-refractivity contribution is -0.141. The van der Waals surface area contributed by atoms with Crippen LogP contribution in [0, 0.1) is 11.8 Å². The average Bonchev–Trinajstić information content (AvgIpc) is 2.77. The average molecular weight is 253 g/mol. The Hall–Kier alpha value is -1.06. The topological polar surface area (TPSA) is 57.6 Å². The molecule has 1 atom stereocenters. The van der Waals surface area contributed by atoms with Gasteiger partial charge in [0.1, 0.15) is 0 Å². The number of amides is 1. The maximum Gasteiger partial charge on any atom is 0.308 e. The summed E-state index contributed by atoms with van der Waals surface area (Å²) in [5.41, 5.74) is 0. The molecule has 1 aliphatic carbocycles. The van der Waals surface area contributed by atoms with Gasteiger partial charge < -0.3 is 10.0 Å². The van der Waals surface area contributed by atoms with Crippen molar-refractivity contribution in [3.8, 4) is 0 Å². The molecule has 102 valence electrons. The Kier molecular flexibility index (Phi) is 4.61. The van der Waals surface area contributed by atoms with Gasteiger partial charge in [0.2, 0.25) is 5.91 Å². The fourth-order valence-corrected chi connectivity index (χ4v) is 3.12. The first-order valence-corrected chi connectivity index (χ1v) is 7.20. The lowest BCUT2D eigenvalue weighted by atomic mass is 9.90. The van der Waals surface area contributed by atoms with Gasteiger partial charge in [-0.15, -0.1) is 0 Å². The molecule has 4 heteroatoms. The van der Waals surface area contributed by atoms with Crippen molar-refractivity contribution in [1.29, 1.82) is 0 Å². The quantitative estimate of drug-likeness (QED) is 0.821. The molecule has 1 N–H and O–H groups in total. The molecule has 2 aliphatic rings. The van der Waals surface area contributed by atoms with Crippen LogP contribution in [0.1, 0.15) is 51.4 Å². The molecule has 2 rings (SSSR count). The van der Waals surface area contributed by atoms with Crippen molar-refractivity contribution in [1.82, 2.24) is 4.90 Å². The van der Waals surface area contributed by atoms with Crippen LogP contribution in [0.5, 0.6) is 0 Å². The summed E-state index contributed by atoms with van der Waals surface area (Å²) in [6.07, 6.45) is 8.67. The van der Waals surface area contributed by atoms with E-state index in [1.807, 2.05) is 0 Å². The minimum Gasteiger partial charge on any atom is -0.481 e. The summed E-state index contributed by atoms with van der Waals surface area (Å²) in [5.74, 6) is -0.746. The summed E-state index contributed by atoms with van der Waals surface area (Å²) in [7, 11) is 0. The highest BCUT2D eigenvalue weighted by Crippen LogP contribution is 2.26. The van der Waals surface area contributed by atoms with E-state index in [2.05, 4.69) is 0 Å². The van der Waals surface area contributed by atoms with Crippen molar-refractivity contribution in [3.63, 3.8) is 0 Å². The number of carbonyl (C=O) groups is 2. The number of rotatable bonds is 2. The third-order valence-corrected chi connectivity index (χ3v) is 4.30. The van der Waals surface area contributed by atoms with Crippen molar-refractivity contribution in [2.24, 2.45) is 11.8 Å². The zero-order valence-corrected chi connectivity index (χ0v) is 10.9. The molecule has 0 aromatic rings. The molecule has 0 aromatic heterocycles. The first-order chi connectivity index (χ1) is 8.68. The minimum atomic E-state index is -0.761. The summed E-state index contributed by atoms with van der Waals surface area (Å²) in [6.45, 7) is 1.05. The summed E-state index contributed by atoms with van der Waals surface area (Å²) >= 11 is 0. The first kappa shape index (κ1) is 13.4. The number of carboxylic acids is 1. The van der Waals surface area contributed by atoms with Crippen LogP contribution >= 0.6 is 0 Å². The van der Waals surface area contributed by atoms with Gasteiger partial charge in [-0.25, -0.2) is 0 Å². The number of carbonyl (C=O) groups excluding carboxylic acids is 1. The maximum absolute atomic E-state index is 12.4. The fourth-order valence-electron chi connectivity index (χ4n) is 3.12. The molecule has 0 bridgehead atoms. The van der Waals surface area contributed by atoms with Crippen molar-refractivity contribution in [2.75, 3.05) is 13.1 Å². The van der Waals surface area contributed by atoms with E-state index in [0.717, 1.165) is 25.7 Å². The van der Waals surface area contributed by atoms with Crippen molar-refractivity contribution in [2.45, 2.75) is 51.4 Å². The molecule has 1 saturated heterocycles. The fraction of sp³-hybridized carbons (Fsp3) is 0.857. The molecule has 1 unspecified atom stereocenters. The van der Waals surface area contributed by atoms with E-state index in [9.17, 15) is 9.59 Å². The molecule has 1 saturated carbocycles. The Balaban J connectivity index is 1.88. The zero-order valence-electron chi connectivity index (χ0n) is 10.9. The SMILES string of the molecule is O=C(O)C1CCN(C(=O)C2CCCCCCC2)C1. The van der Waals surface area contributed by atoms with Gasteiger partial charge in [0.15, 0.2) is 0 Å². The second kappa shape index (κ2) is 6.21. The highest BCUT2D eigenvalue weighted by molar-refractivity contribution is 5.80. The molecular weight excluding hydrogens is 230 g/mol. The van der Waals surface area contributed by atoms with Crippen LogP contribution in [0.4, 0.5) is 0 Å². The summed E-state index contributed by atoms with van der Waals surface area (Å²) in [5, 5.41) is 8.97. The van der Waals surface area contributed by atoms with Gasteiger partial charge >= 0.3 is 5.97 Å². The monoisotopic (exact) mass is 253 g/mol. The molecule has 1 amide bonds. The second-order valence-corrected chi connectivity index (χ2v) is 5.65. The van der Waals surface area contributed by atoms with Gasteiger partial charge in [0.05, 0.1) is 5.92 Å². The Morgan fingerprint density at radius 3 is 2.06 bits per heavy atom. The minimum absolute atomic E-state index is 0.151. The van der Waals surface area contributed by atoms with Crippen LogP contribution in [0.15, 0.2) is 0 Å². The lowest BCUT2D eigenvalue weighted by Gasteiger charge is -2.24. The Morgan fingerprint density at radius 2 is 1.50 bits per heavy atom. The molecule has 1 aliphatic heterocycles. The van der Waals surface area contributed by atoms with Gasteiger partial charge in [-0.3, -0.25) is 9.59 Å². The van der Waals surface area contributed by atoms with Gasteiger partial charge in [-0.05, 0) is 19.3 Å². The maximum atomic E-state index is 12.4. The van der Waals surface area contributed by atoms with Crippen molar-refractivity contribution in [3.05, 3.63) is 0 Å². The van der Waals surface area contributed by atoms with Gasteiger partial charge in [-0.1, -0.05) is 32.1 Å². The predicted octanol–water partition coefficient (Wildman–Crippen LogP) is 2.28. The van der Waals surface area contributed by atoms with Crippen molar-refractivity contribution < 1.29 is 14.7 Å². The van der Waals surface area contributed by atoms with Gasteiger partial charge in [0, 0.05) is 19.0 Å². The van der Waals surface area contributed by atoms with Crippen LogP contribution in [-0.2, 0) is 9.59 Å². The lowest BCUT2D eigenvalue weighted by Crippen LogP contribution is -2.35. The highest BCUT2D eigenvalue weighted by atomic mass is 16.4. The molecule has 1 heterocycles. The second-order valence-electron chi connectivity index (χ2n) is 5.65. The number of hydrogen-bond acceptors (Lipinski definition) is 2. The Labute approximate surface area is 108 Å². The Morgan fingerprint density at radius 1 is 0.889 bits per heavy atom. The van der Waals surface area contributed by atoms with E-state index < -0.39 is 5.97 Å². The molecule has 0 radical (unpaired) electrons. The number of hydrogen-bond donors (Lipinski definition) is 1. The molecule has 0 aromatic carbocycles. The standard InChI is InChI=1S/C14H23NO3/c16-13(11-6-4-2-1-3-5-7-11)15-9-8-12(10-15)14(17)18/h11-12H,1-10H2,(H,17,18). The highest BCUT2D eigenvalue weighted by Gasteiger charge is 2.33. The predicted molar refractivity (Wildman–Crippen MR) is 68.1 cm³/mol. The molecule has 18 heavy (non-hydrogen) atoms. The normalized spacial score (nSPS) is 26.7. The van der Waals surface area contributed by atoms with Crippen molar-refractivity contribution >= 4 is 11.9 Å². The van der Waals surface area contributed by atoms with E-state index in [1.165, 1.54) is 19.3 Å². The smallest absolute Gasteiger partial charge is 0.308 e. The zero-order chi connectivity index (χ0) is 13.0. The van der Waals surface area contributed by atoms with Crippen LogP contribution in [-0.4, -0.2) is 35.0 Å². The van der Waals surface area contributed by atoms with Crippen LogP contribution in [0.25, 0.3) is 0 Å². The van der Waals surface area contributed by atoms with E-state index >= 15 is 0 Å². The van der Waals surface area contributed by atoms with Gasteiger partial charge in [-0.2, -0.15) is 0 Å². The van der Waals surface area contributed by atoms with Gasteiger partial charge in [0.25, 0.3) is 0 Å². The summed E-state index contributed by atoms with van der Waals surface area (Å²) < 4.78 is 0. The van der Waals surface area contributed by atoms with Crippen LogP contribution < -0.4 is 0 Å². The van der Waals surface area contributed by atoms with E-state index in [-0.39, 0.29) is 17.7 Å². The van der Waals surface area contributed by atoms with Crippen LogP contribution in [0.2, 0.25) is 0 Å². The summed E-state index contributed by atoms with van der Waals surface area (Å²) in [4.78, 5) is 25.1. The molecular formula is C14H23NO3. The van der Waals surface area contributed by atoms with Crippen LogP contribution in [0.3, 0.4) is 0 Å². The molecule has 2 fully saturated rings. The largest absolute Gasteiger partial charge is 0.481 e. The third kappa shape index (κ3) is 3.24. The third-order valence-electron chi connectivity index (χ3n) is 4.30. The van der Waals surface area contributed by atoms with E-state index in [0.29, 0.717) is 19.5 Å². The number of nitrogens with zero attached hydrogens (tertiary/aromatic N) is 1. The molecule has 4 nitrogen and oxygen atoms in total. The molecule has 0 spiro atoms. The van der Waals surface area contributed by atoms with E-state index in [1.54, 1.807) is 4.90 Å².